The normalized spacial score (nSPS) is 10.7. The second-order valence-electron chi connectivity index (χ2n) is 7.67. The summed E-state index contributed by atoms with van der Waals surface area (Å²) in [5.74, 6) is 0. The van der Waals surface area contributed by atoms with Gasteiger partial charge in [0.1, 0.15) is 0 Å². The van der Waals surface area contributed by atoms with Crippen LogP contribution in [0.25, 0.3) is 11.4 Å². The van der Waals surface area contributed by atoms with Crippen molar-refractivity contribution in [3.05, 3.63) is 82.3 Å². The third-order valence-corrected chi connectivity index (χ3v) is 4.96. The van der Waals surface area contributed by atoms with Crippen molar-refractivity contribution in [2.24, 2.45) is 0 Å². The Balaban J connectivity index is 0.000000324. The van der Waals surface area contributed by atoms with Crippen LogP contribution < -0.4 is 10.2 Å². The minimum absolute atomic E-state index is 0. The van der Waals surface area contributed by atoms with Gasteiger partial charge in [-0.3, -0.25) is 15.4 Å². The first-order valence-corrected chi connectivity index (χ1v) is 11.1. The smallest absolute Gasteiger partial charge is 0.0684 e. The molecule has 0 unspecified atom stereocenters. The van der Waals surface area contributed by atoms with Crippen molar-refractivity contribution in [2.45, 2.75) is 39.3 Å². The second kappa shape index (κ2) is 13.6. The van der Waals surface area contributed by atoms with Crippen LogP contribution in [0.4, 0.5) is 5.69 Å². The van der Waals surface area contributed by atoms with Crippen LogP contribution in [-0.4, -0.2) is 21.2 Å². The third-order valence-electron chi connectivity index (χ3n) is 4.29. The Bertz CT molecular complexity index is 928. The number of halogens is 1. The summed E-state index contributed by atoms with van der Waals surface area (Å²) in [6.45, 7) is 7.39. The molecule has 0 bridgehead atoms. The van der Waals surface area contributed by atoms with Crippen LogP contribution in [0, 0.1) is 0 Å². The maximum absolute atomic E-state index is 8.53. The number of nitrogens with one attached hydrogen (secondary N) is 3. The summed E-state index contributed by atoms with van der Waals surface area (Å²) >= 11 is 7.59. The fourth-order valence-corrected chi connectivity index (χ4v) is 3.09. The van der Waals surface area contributed by atoms with E-state index < -0.39 is 0 Å². The molecule has 0 aliphatic carbocycles. The Morgan fingerprint density at radius 2 is 1.81 bits per heavy atom. The fourth-order valence-electron chi connectivity index (χ4n) is 2.60. The monoisotopic (exact) mass is 535 g/mol. The van der Waals surface area contributed by atoms with Crippen molar-refractivity contribution in [2.75, 3.05) is 11.7 Å². The summed E-state index contributed by atoms with van der Waals surface area (Å²) in [5, 5.41) is 13.8. The molecule has 0 saturated carbocycles. The van der Waals surface area contributed by atoms with E-state index in [-0.39, 0.29) is 44.7 Å². The molecule has 31 heavy (non-hydrogen) atoms. The first-order chi connectivity index (χ1) is 14.3. The van der Waals surface area contributed by atoms with Crippen LogP contribution in [-0.2, 0) is 51.2 Å². The third kappa shape index (κ3) is 8.85. The van der Waals surface area contributed by atoms with Gasteiger partial charge in [-0.2, -0.15) is 5.10 Å². The minimum Gasteiger partial charge on any atom is -0.672 e. The number of rotatable bonds is 6. The molecule has 0 aliphatic rings. The number of nitrogens with zero attached hydrogens (tertiary/aromatic N) is 2. The summed E-state index contributed by atoms with van der Waals surface area (Å²) in [6.07, 6.45) is 1.99. The Morgan fingerprint density at radius 3 is 2.32 bits per heavy atom. The van der Waals surface area contributed by atoms with Gasteiger partial charge in [0.25, 0.3) is 0 Å². The molecule has 6 nitrogen and oxygen atoms in total. The maximum Gasteiger partial charge on any atom is 0.0684 e. The van der Waals surface area contributed by atoms with Gasteiger partial charge in [-0.1, -0.05) is 62.5 Å². The van der Waals surface area contributed by atoms with Crippen molar-refractivity contribution in [1.82, 2.24) is 14.5 Å². The zero-order valence-corrected chi connectivity index (χ0v) is 22.7. The van der Waals surface area contributed by atoms with Gasteiger partial charge in [0.15, 0.2) is 0 Å². The van der Waals surface area contributed by atoms with E-state index in [9.17, 15) is 0 Å². The molecule has 1 aromatic heterocycles. The van der Waals surface area contributed by atoms with E-state index in [0.29, 0.717) is 10.7 Å². The Kier molecular flexibility index (Phi) is 12.3. The summed E-state index contributed by atoms with van der Waals surface area (Å²) in [7, 11) is 0. The SMILES string of the molecule is CC(C)(C)c1cc(C[NH-])n(-c2cccc(Cl)c2)n1.CSNCc1ccc(NO)cc1.[Y]. The molecule has 4 N–H and O–H groups in total. The Hall–Kier alpha value is -0.926. The summed E-state index contributed by atoms with van der Waals surface area (Å²) in [6, 6.07) is 17.1. The second-order valence-corrected chi connectivity index (χ2v) is 8.81. The molecule has 9 heteroatoms. The maximum atomic E-state index is 8.53. The average Bonchev–Trinajstić information content (AvgIpc) is 3.18. The Labute approximate surface area is 219 Å². The van der Waals surface area contributed by atoms with E-state index in [1.807, 2.05) is 60.9 Å². The van der Waals surface area contributed by atoms with Crippen LogP contribution in [0.1, 0.15) is 37.7 Å². The van der Waals surface area contributed by atoms with Crippen LogP contribution in [0.15, 0.2) is 54.6 Å². The predicted molar refractivity (Wildman–Crippen MR) is 128 cm³/mol. The van der Waals surface area contributed by atoms with E-state index in [1.54, 1.807) is 16.6 Å². The zero-order chi connectivity index (χ0) is 22.1. The Morgan fingerprint density at radius 1 is 1.13 bits per heavy atom. The van der Waals surface area contributed by atoms with Gasteiger partial charge in [-0.25, -0.2) is 4.68 Å². The van der Waals surface area contributed by atoms with Gasteiger partial charge in [-0.15, -0.1) is 6.54 Å². The van der Waals surface area contributed by atoms with Gasteiger partial charge < -0.3 is 5.73 Å². The standard InChI is InChI=1S/C14H17ClN3.C8H12N2OS.Y/c1-14(2,3)13-8-12(9-16)18(17-13)11-6-4-5-10(15)7-11;1-12-9-6-7-2-4-8(10-11)5-3-7;/h4-8,16H,9H2,1-3H3;2-5,9-11H,6H2,1H3;/q-1;;. The van der Waals surface area contributed by atoms with Gasteiger partial charge >= 0.3 is 0 Å². The van der Waals surface area contributed by atoms with Crippen molar-refractivity contribution in [1.29, 1.82) is 0 Å². The predicted octanol–water partition coefficient (Wildman–Crippen LogP) is 6.23. The molecule has 1 radical (unpaired) electrons. The van der Waals surface area contributed by atoms with Crippen LogP contribution in [0.2, 0.25) is 5.02 Å². The van der Waals surface area contributed by atoms with E-state index in [4.69, 9.17) is 22.5 Å². The number of hydrogen-bond acceptors (Lipinski definition) is 5. The quantitative estimate of drug-likeness (QED) is 0.257. The van der Waals surface area contributed by atoms with Gasteiger partial charge in [0.2, 0.25) is 0 Å². The molecule has 0 saturated heterocycles. The number of benzene rings is 2. The van der Waals surface area contributed by atoms with E-state index in [0.717, 1.165) is 23.6 Å². The number of anilines is 1. The largest absolute Gasteiger partial charge is 0.672 e. The fraction of sp³-hybridized carbons (Fsp3) is 0.318. The molecule has 0 amide bonds. The summed E-state index contributed by atoms with van der Waals surface area (Å²) in [5.41, 5.74) is 14.4. The molecule has 1 heterocycles. The number of hydrogen-bond donors (Lipinski definition) is 3. The summed E-state index contributed by atoms with van der Waals surface area (Å²) in [4.78, 5) is 0. The topological polar surface area (TPSA) is 85.9 Å². The van der Waals surface area contributed by atoms with Crippen LogP contribution in [0.5, 0.6) is 0 Å². The molecule has 3 rings (SSSR count). The van der Waals surface area contributed by atoms with E-state index >= 15 is 0 Å². The molecule has 0 aliphatic heterocycles. The van der Waals surface area contributed by atoms with Crippen LogP contribution in [0.3, 0.4) is 0 Å². The number of aromatic nitrogens is 2. The molecule has 0 spiro atoms. The molecule has 0 fully saturated rings. The van der Waals surface area contributed by atoms with E-state index in [1.165, 1.54) is 5.56 Å². The van der Waals surface area contributed by atoms with Gasteiger partial charge in [0, 0.05) is 55.4 Å². The first-order valence-electron chi connectivity index (χ1n) is 9.53. The average molecular weight is 536 g/mol. The van der Waals surface area contributed by atoms with Crippen LogP contribution >= 0.6 is 23.5 Å². The van der Waals surface area contributed by atoms with Crippen molar-refractivity contribution < 1.29 is 37.9 Å². The van der Waals surface area contributed by atoms with E-state index in [2.05, 4.69) is 36.1 Å². The summed E-state index contributed by atoms with van der Waals surface area (Å²) < 4.78 is 4.94. The van der Waals surface area contributed by atoms with Gasteiger partial charge in [-0.05, 0) is 48.2 Å². The van der Waals surface area contributed by atoms with Crippen molar-refractivity contribution in [3.63, 3.8) is 0 Å². The molecule has 2 aromatic carbocycles. The minimum atomic E-state index is -0.0201. The van der Waals surface area contributed by atoms with Crippen molar-refractivity contribution >= 4 is 29.2 Å². The molecular weight excluding hydrogens is 507 g/mol. The molecule has 165 valence electrons. The molecule has 3 aromatic rings. The first kappa shape index (κ1) is 28.1. The zero-order valence-electron chi connectivity index (χ0n) is 18.3. The van der Waals surface area contributed by atoms with Crippen molar-refractivity contribution in [3.8, 4) is 5.69 Å². The molecule has 0 atom stereocenters. The molecular formula is C22H29ClN5OSY-. The van der Waals surface area contributed by atoms with Gasteiger partial charge in [0.05, 0.1) is 17.1 Å².